The Kier molecular flexibility index (Phi) is 4.94. The van der Waals surface area contributed by atoms with E-state index in [1.165, 1.54) is 12.0 Å². The average molecular weight is 261 g/mol. The van der Waals surface area contributed by atoms with E-state index in [1.54, 1.807) is 0 Å². The highest BCUT2D eigenvalue weighted by molar-refractivity contribution is 5.14. The van der Waals surface area contributed by atoms with Gasteiger partial charge in [0.1, 0.15) is 0 Å². The van der Waals surface area contributed by atoms with Crippen LogP contribution in [0.15, 0.2) is 24.5 Å². The fraction of sp³-hybridized carbons (Fsp3) is 0.688. The van der Waals surface area contributed by atoms with Crippen LogP contribution in [0.1, 0.15) is 45.7 Å². The van der Waals surface area contributed by atoms with Gasteiger partial charge < -0.3 is 5.32 Å². The van der Waals surface area contributed by atoms with Gasteiger partial charge in [-0.25, -0.2) is 0 Å². The molecule has 0 radical (unpaired) electrons. The van der Waals surface area contributed by atoms with Crippen LogP contribution in [0.5, 0.6) is 0 Å². The van der Waals surface area contributed by atoms with E-state index in [0.717, 1.165) is 19.0 Å². The van der Waals surface area contributed by atoms with Gasteiger partial charge in [0.25, 0.3) is 0 Å². The average Bonchev–Trinajstić information content (AvgIpc) is 2.40. The summed E-state index contributed by atoms with van der Waals surface area (Å²) >= 11 is 0. The van der Waals surface area contributed by atoms with Crippen LogP contribution in [0.2, 0.25) is 0 Å². The highest BCUT2D eigenvalue weighted by Crippen LogP contribution is 2.25. The Labute approximate surface area is 117 Å². The summed E-state index contributed by atoms with van der Waals surface area (Å²) in [6.07, 6.45) is 5.10. The maximum Gasteiger partial charge on any atom is 0.0339 e. The standard InChI is InChI=1S/C16H27N3/c1-12(2)8-16-11-19(13(3)9-18-16)14(4)15-6-5-7-17-10-15/h5-7,10,12-14,16,18H,8-9,11H2,1-4H3. The first-order valence-corrected chi connectivity index (χ1v) is 7.47. The van der Waals surface area contributed by atoms with E-state index in [9.17, 15) is 0 Å². The second-order valence-electron chi connectivity index (χ2n) is 6.24. The topological polar surface area (TPSA) is 28.2 Å². The Morgan fingerprint density at radius 1 is 1.42 bits per heavy atom. The highest BCUT2D eigenvalue weighted by Gasteiger charge is 2.29. The smallest absolute Gasteiger partial charge is 0.0339 e. The van der Waals surface area contributed by atoms with Crippen molar-refractivity contribution in [3.63, 3.8) is 0 Å². The summed E-state index contributed by atoms with van der Waals surface area (Å²) in [5.41, 5.74) is 1.32. The van der Waals surface area contributed by atoms with Crippen molar-refractivity contribution in [1.29, 1.82) is 0 Å². The lowest BCUT2D eigenvalue weighted by Crippen LogP contribution is -2.56. The molecule has 3 nitrogen and oxygen atoms in total. The lowest BCUT2D eigenvalue weighted by atomic mass is 9.97. The maximum absolute atomic E-state index is 4.25. The van der Waals surface area contributed by atoms with Crippen LogP contribution in [-0.4, -0.2) is 35.1 Å². The number of piperazine rings is 1. The van der Waals surface area contributed by atoms with Gasteiger partial charge in [-0.05, 0) is 37.8 Å². The number of hydrogen-bond acceptors (Lipinski definition) is 3. The van der Waals surface area contributed by atoms with Crippen LogP contribution in [-0.2, 0) is 0 Å². The first-order valence-electron chi connectivity index (χ1n) is 7.47. The molecule has 1 aromatic rings. The molecule has 2 rings (SSSR count). The van der Waals surface area contributed by atoms with E-state index < -0.39 is 0 Å². The van der Waals surface area contributed by atoms with E-state index in [4.69, 9.17) is 0 Å². The molecule has 1 fully saturated rings. The molecule has 1 N–H and O–H groups in total. The Morgan fingerprint density at radius 2 is 2.21 bits per heavy atom. The Bertz CT molecular complexity index is 377. The van der Waals surface area contributed by atoms with Crippen molar-refractivity contribution < 1.29 is 0 Å². The van der Waals surface area contributed by atoms with E-state index in [-0.39, 0.29) is 0 Å². The van der Waals surface area contributed by atoms with E-state index >= 15 is 0 Å². The molecular weight excluding hydrogens is 234 g/mol. The van der Waals surface area contributed by atoms with Crippen molar-refractivity contribution in [3.05, 3.63) is 30.1 Å². The third kappa shape index (κ3) is 3.77. The van der Waals surface area contributed by atoms with E-state index in [1.807, 2.05) is 18.5 Å². The quantitative estimate of drug-likeness (QED) is 0.903. The van der Waals surface area contributed by atoms with Crippen molar-refractivity contribution in [1.82, 2.24) is 15.2 Å². The fourth-order valence-corrected chi connectivity index (χ4v) is 3.03. The van der Waals surface area contributed by atoms with E-state index in [0.29, 0.717) is 18.1 Å². The largest absolute Gasteiger partial charge is 0.311 e. The second kappa shape index (κ2) is 6.49. The molecule has 106 valence electrons. The normalized spacial score (nSPS) is 26.6. The van der Waals surface area contributed by atoms with Crippen LogP contribution in [0.3, 0.4) is 0 Å². The van der Waals surface area contributed by atoms with Gasteiger partial charge in [-0.1, -0.05) is 19.9 Å². The molecule has 1 aliphatic rings. The molecular formula is C16H27N3. The van der Waals surface area contributed by atoms with Crippen LogP contribution in [0.4, 0.5) is 0 Å². The molecule has 19 heavy (non-hydrogen) atoms. The lowest BCUT2D eigenvalue weighted by molar-refractivity contribution is 0.0922. The summed E-state index contributed by atoms with van der Waals surface area (Å²) in [4.78, 5) is 6.86. The molecule has 2 heterocycles. The zero-order chi connectivity index (χ0) is 13.8. The Balaban J connectivity index is 2.04. The minimum Gasteiger partial charge on any atom is -0.311 e. The molecule has 1 saturated heterocycles. The third-order valence-electron chi connectivity index (χ3n) is 4.12. The van der Waals surface area contributed by atoms with Gasteiger partial charge in [-0.2, -0.15) is 0 Å². The summed E-state index contributed by atoms with van der Waals surface area (Å²) in [5.74, 6) is 0.751. The zero-order valence-corrected chi connectivity index (χ0v) is 12.6. The molecule has 3 atom stereocenters. The summed E-state index contributed by atoms with van der Waals surface area (Å²) in [6, 6.07) is 5.86. The number of rotatable bonds is 4. The highest BCUT2D eigenvalue weighted by atomic mass is 15.2. The first kappa shape index (κ1) is 14.5. The number of nitrogens with zero attached hydrogens (tertiary/aromatic N) is 2. The van der Waals surface area contributed by atoms with Crippen molar-refractivity contribution in [2.24, 2.45) is 5.92 Å². The summed E-state index contributed by atoms with van der Waals surface area (Å²) in [7, 11) is 0. The van der Waals surface area contributed by atoms with Gasteiger partial charge in [0.2, 0.25) is 0 Å². The molecule has 0 bridgehead atoms. The predicted molar refractivity (Wildman–Crippen MR) is 80.1 cm³/mol. The van der Waals surface area contributed by atoms with Crippen molar-refractivity contribution in [2.75, 3.05) is 13.1 Å². The van der Waals surface area contributed by atoms with Gasteiger partial charge in [-0.15, -0.1) is 0 Å². The molecule has 0 spiro atoms. The number of hydrogen-bond donors (Lipinski definition) is 1. The molecule has 3 unspecified atom stereocenters. The SMILES string of the molecule is CC(C)CC1CN(C(C)c2cccnc2)C(C)CN1. The fourth-order valence-electron chi connectivity index (χ4n) is 3.03. The predicted octanol–water partition coefficient (Wildman–Crippen LogP) is 2.85. The van der Waals surface area contributed by atoms with Crippen LogP contribution in [0, 0.1) is 5.92 Å². The molecule has 3 heteroatoms. The van der Waals surface area contributed by atoms with Crippen molar-refractivity contribution >= 4 is 0 Å². The Hall–Kier alpha value is -0.930. The number of pyridine rings is 1. The minimum atomic E-state index is 0.445. The molecule has 0 aromatic carbocycles. The molecule has 0 amide bonds. The summed E-state index contributed by atoms with van der Waals surface area (Å²) in [6.45, 7) is 11.4. The first-order chi connectivity index (χ1) is 9.08. The van der Waals surface area contributed by atoms with Gasteiger partial charge >= 0.3 is 0 Å². The van der Waals surface area contributed by atoms with Crippen molar-refractivity contribution in [2.45, 2.75) is 52.2 Å². The van der Waals surface area contributed by atoms with Gasteiger partial charge in [0.05, 0.1) is 0 Å². The molecule has 0 saturated carbocycles. The van der Waals surface area contributed by atoms with Crippen LogP contribution < -0.4 is 5.32 Å². The lowest BCUT2D eigenvalue weighted by Gasteiger charge is -2.42. The molecule has 0 aliphatic carbocycles. The maximum atomic E-state index is 4.25. The zero-order valence-electron chi connectivity index (χ0n) is 12.6. The molecule has 1 aromatic heterocycles. The Morgan fingerprint density at radius 3 is 2.84 bits per heavy atom. The van der Waals surface area contributed by atoms with Gasteiger partial charge in [0.15, 0.2) is 0 Å². The van der Waals surface area contributed by atoms with E-state index in [2.05, 4.69) is 49.0 Å². The summed E-state index contributed by atoms with van der Waals surface area (Å²) in [5, 5.41) is 3.68. The van der Waals surface area contributed by atoms with Crippen LogP contribution >= 0.6 is 0 Å². The van der Waals surface area contributed by atoms with Crippen molar-refractivity contribution in [3.8, 4) is 0 Å². The van der Waals surface area contributed by atoms with Gasteiger partial charge in [0, 0.05) is 43.6 Å². The van der Waals surface area contributed by atoms with Gasteiger partial charge in [-0.3, -0.25) is 9.88 Å². The second-order valence-corrected chi connectivity index (χ2v) is 6.24. The molecule has 1 aliphatic heterocycles. The summed E-state index contributed by atoms with van der Waals surface area (Å²) < 4.78 is 0. The third-order valence-corrected chi connectivity index (χ3v) is 4.12. The number of nitrogens with one attached hydrogen (secondary N) is 1. The number of aromatic nitrogens is 1. The van der Waals surface area contributed by atoms with Crippen LogP contribution in [0.25, 0.3) is 0 Å². The minimum absolute atomic E-state index is 0.445. The monoisotopic (exact) mass is 261 g/mol.